The molecule has 2 heteroatoms. The first kappa shape index (κ1) is 22.5. The fourth-order valence-electron chi connectivity index (χ4n) is 0. The minimum absolute atomic E-state index is 0. The molecule has 0 fully saturated rings. The maximum Gasteiger partial charge on any atom is 0.0411 e. The Morgan fingerprint density at radius 1 is 0.800 bits per heavy atom. The molecule has 0 unspecified atom stereocenters. The smallest absolute Gasteiger partial charge is 0.0411 e. The molecule has 0 aliphatic carbocycles. The van der Waals surface area contributed by atoms with Crippen molar-refractivity contribution < 1.29 is 4.74 Å². The Balaban J connectivity index is -0.0000000326. The van der Waals surface area contributed by atoms with Crippen molar-refractivity contribution in [3.8, 4) is 0 Å². The van der Waals surface area contributed by atoms with Crippen molar-refractivity contribution in [2.24, 2.45) is 0 Å². The molecule has 68 valence electrons. The lowest BCUT2D eigenvalue weighted by molar-refractivity contribution is 0.277. The third kappa shape index (κ3) is 13500. The van der Waals surface area contributed by atoms with Crippen LogP contribution in [0.4, 0.5) is 0 Å². The summed E-state index contributed by atoms with van der Waals surface area (Å²) in [4.78, 5) is 0. The van der Waals surface area contributed by atoms with Crippen molar-refractivity contribution in [2.45, 2.75) is 41.0 Å². The van der Waals surface area contributed by atoms with Crippen LogP contribution in [0.3, 0.4) is 0 Å². The Kier molecular flexibility index (Phi) is 26.8. The van der Waals surface area contributed by atoms with Crippen molar-refractivity contribution in [1.82, 2.24) is 0 Å². The molecule has 0 heterocycles. The molecule has 0 spiro atoms. The van der Waals surface area contributed by atoms with Gasteiger partial charge >= 0.3 is 0 Å². The van der Waals surface area contributed by atoms with E-state index in [1.165, 1.54) is 0 Å². The summed E-state index contributed by atoms with van der Waals surface area (Å²) in [5, 5.41) is 0. The van der Waals surface area contributed by atoms with Gasteiger partial charge in [0.15, 0.2) is 0 Å². The summed E-state index contributed by atoms with van der Waals surface area (Å²) in [5.41, 5.74) is 0. The molecule has 0 N–H and O–H groups in total. The first-order valence-corrected chi connectivity index (χ1v) is 6.82. The van der Waals surface area contributed by atoms with Gasteiger partial charge in [-0.05, 0) is 0 Å². The molecule has 0 aliphatic heterocycles. The van der Waals surface area contributed by atoms with Crippen LogP contribution < -0.4 is 0 Å². The summed E-state index contributed by atoms with van der Waals surface area (Å²) >= 11 is 0. The number of rotatable bonds is 0. The molecule has 0 saturated carbocycles. The molecule has 0 aliphatic rings. The predicted octanol–water partition coefficient (Wildman–Crippen LogP) is 3.49. The molecule has 1 nitrogen and oxygen atoms in total. The molecular formula is C8H26OSi. The Morgan fingerprint density at radius 2 is 0.800 bits per heavy atom. The van der Waals surface area contributed by atoms with Gasteiger partial charge in [-0.3, -0.25) is 0 Å². The van der Waals surface area contributed by atoms with Crippen molar-refractivity contribution >= 4 is 8.07 Å². The van der Waals surface area contributed by atoms with E-state index in [2.05, 4.69) is 30.9 Å². The topological polar surface area (TPSA) is 9.23 Å². The standard InChI is InChI=1S/C4H12Si.C2H6O.2CH4/c1-5(2,3)4;1-3-2;;/h1-4H3;1-2H3;2*1H4. The van der Waals surface area contributed by atoms with E-state index < -0.39 is 8.07 Å². The minimum atomic E-state index is -0.611. The maximum atomic E-state index is 4.25. The second-order valence-corrected chi connectivity index (χ2v) is 9.41. The van der Waals surface area contributed by atoms with E-state index in [1.54, 1.807) is 14.2 Å². The predicted molar refractivity (Wildman–Crippen MR) is 55.6 cm³/mol. The van der Waals surface area contributed by atoms with Crippen molar-refractivity contribution in [3.05, 3.63) is 0 Å². The minimum Gasteiger partial charge on any atom is -0.388 e. The van der Waals surface area contributed by atoms with E-state index in [1.807, 2.05) is 0 Å². The van der Waals surface area contributed by atoms with E-state index in [0.29, 0.717) is 0 Å². The average molecular weight is 166 g/mol. The van der Waals surface area contributed by atoms with Crippen molar-refractivity contribution in [1.29, 1.82) is 0 Å². The Bertz CT molecular complexity index is 33.0. The molecule has 0 aromatic rings. The zero-order valence-electron chi connectivity index (χ0n) is 6.91. The molecule has 0 bridgehead atoms. The quantitative estimate of drug-likeness (QED) is 0.501. The molecule has 0 rings (SSSR count). The van der Waals surface area contributed by atoms with E-state index in [9.17, 15) is 0 Å². The van der Waals surface area contributed by atoms with Crippen molar-refractivity contribution in [3.63, 3.8) is 0 Å². The SMILES string of the molecule is C.C.COC.C[Si](C)(C)C. The largest absolute Gasteiger partial charge is 0.388 e. The molecule has 0 aromatic heterocycles. The molecular weight excluding hydrogens is 140 g/mol. The van der Waals surface area contributed by atoms with Gasteiger partial charge in [0.2, 0.25) is 0 Å². The van der Waals surface area contributed by atoms with E-state index in [4.69, 9.17) is 0 Å². The Labute approximate surface area is 68.8 Å². The third-order valence-electron chi connectivity index (χ3n) is 0. The van der Waals surface area contributed by atoms with Crippen LogP contribution in [0, 0.1) is 0 Å². The van der Waals surface area contributed by atoms with Gasteiger partial charge in [0.05, 0.1) is 0 Å². The first-order valence-electron chi connectivity index (χ1n) is 2.82. The summed E-state index contributed by atoms with van der Waals surface area (Å²) in [6, 6.07) is 0. The fraction of sp³-hybridized carbons (Fsp3) is 1.00. The van der Waals surface area contributed by atoms with Crippen LogP contribution in [0.25, 0.3) is 0 Å². The normalized spacial score (nSPS) is 7.80. The maximum absolute atomic E-state index is 4.25. The van der Waals surface area contributed by atoms with Gasteiger partial charge in [-0.25, -0.2) is 0 Å². The van der Waals surface area contributed by atoms with Crippen LogP contribution in [0.15, 0.2) is 0 Å². The zero-order valence-corrected chi connectivity index (χ0v) is 7.91. The van der Waals surface area contributed by atoms with Gasteiger partial charge in [0.1, 0.15) is 0 Å². The molecule has 0 amide bonds. The highest BCUT2D eigenvalue weighted by atomic mass is 28.3. The summed E-state index contributed by atoms with van der Waals surface area (Å²) in [7, 11) is 2.64. The van der Waals surface area contributed by atoms with Crippen LogP contribution in [-0.2, 0) is 4.74 Å². The van der Waals surface area contributed by atoms with Crippen LogP contribution in [-0.4, -0.2) is 22.3 Å². The second-order valence-electron chi connectivity index (χ2n) is 3.41. The fourth-order valence-corrected chi connectivity index (χ4v) is 0. The summed E-state index contributed by atoms with van der Waals surface area (Å²) < 4.78 is 4.25. The molecule has 0 aromatic carbocycles. The number of hydrogen-bond donors (Lipinski definition) is 0. The highest BCUT2D eigenvalue weighted by Gasteiger charge is 1.99. The van der Waals surface area contributed by atoms with Gasteiger partial charge in [-0.15, -0.1) is 0 Å². The Hall–Kier alpha value is 0.177. The van der Waals surface area contributed by atoms with E-state index in [0.717, 1.165) is 0 Å². The van der Waals surface area contributed by atoms with Gasteiger partial charge < -0.3 is 4.74 Å². The lowest BCUT2D eigenvalue weighted by atomic mass is 11.6. The van der Waals surface area contributed by atoms with Crippen molar-refractivity contribution in [2.75, 3.05) is 14.2 Å². The van der Waals surface area contributed by atoms with Crippen LogP contribution >= 0.6 is 0 Å². The summed E-state index contributed by atoms with van der Waals surface area (Å²) in [5.74, 6) is 0. The number of methoxy groups -OCH3 is 1. The number of hydrogen-bond acceptors (Lipinski definition) is 1. The Morgan fingerprint density at radius 3 is 0.800 bits per heavy atom. The van der Waals surface area contributed by atoms with Crippen LogP contribution in [0.5, 0.6) is 0 Å². The lowest BCUT2D eigenvalue weighted by Crippen LogP contribution is -2.10. The second kappa shape index (κ2) is 11.9. The van der Waals surface area contributed by atoms with E-state index >= 15 is 0 Å². The lowest BCUT2D eigenvalue weighted by Gasteiger charge is -2.01. The highest BCUT2D eigenvalue weighted by Crippen LogP contribution is 1.94. The molecule has 0 atom stereocenters. The first-order chi connectivity index (χ1) is 3.41. The van der Waals surface area contributed by atoms with Crippen LogP contribution in [0.2, 0.25) is 26.2 Å². The van der Waals surface area contributed by atoms with E-state index in [-0.39, 0.29) is 14.9 Å². The summed E-state index contributed by atoms with van der Waals surface area (Å²) in [6.45, 7) is 9.31. The molecule has 10 heavy (non-hydrogen) atoms. The van der Waals surface area contributed by atoms with Crippen LogP contribution in [0.1, 0.15) is 14.9 Å². The average Bonchev–Trinajstić information content (AvgIpc) is 1.27. The monoisotopic (exact) mass is 166 g/mol. The van der Waals surface area contributed by atoms with Gasteiger partial charge in [-0.2, -0.15) is 0 Å². The zero-order chi connectivity index (χ0) is 7.21. The number of ether oxygens (including phenoxy) is 1. The molecule has 0 radical (unpaired) electrons. The van der Waals surface area contributed by atoms with Gasteiger partial charge in [-0.1, -0.05) is 41.0 Å². The highest BCUT2D eigenvalue weighted by molar-refractivity contribution is 6.74. The molecule has 0 saturated heterocycles. The van der Waals surface area contributed by atoms with Gasteiger partial charge in [0.25, 0.3) is 0 Å². The summed E-state index contributed by atoms with van der Waals surface area (Å²) in [6.07, 6.45) is 0. The third-order valence-corrected chi connectivity index (χ3v) is 0. The van der Waals surface area contributed by atoms with Gasteiger partial charge in [0, 0.05) is 22.3 Å².